The Labute approximate surface area is 161 Å². The highest BCUT2D eigenvalue weighted by Gasteiger charge is 2.14. The van der Waals surface area contributed by atoms with Crippen molar-refractivity contribution in [2.75, 3.05) is 13.2 Å². The zero-order valence-electron chi connectivity index (χ0n) is 15.6. The zero-order valence-corrected chi connectivity index (χ0v) is 16.5. The Balaban J connectivity index is 1.83. The summed E-state index contributed by atoms with van der Waals surface area (Å²) in [4.78, 5) is 11.8. The normalized spacial score (nSPS) is 11.4. The number of hydrogen-bond donors (Lipinski definition) is 2. The van der Waals surface area contributed by atoms with Crippen LogP contribution in [0.3, 0.4) is 0 Å². The zero-order chi connectivity index (χ0) is 19.7. The molecule has 6 nitrogen and oxygen atoms in total. The van der Waals surface area contributed by atoms with Crippen LogP contribution in [0.2, 0.25) is 0 Å². The topological polar surface area (TPSA) is 84.5 Å². The van der Waals surface area contributed by atoms with Crippen LogP contribution in [0.15, 0.2) is 59.5 Å². The van der Waals surface area contributed by atoms with Gasteiger partial charge in [-0.05, 0) is 42.2 Å². The molecule has 1 amide bonds. The molecule has 0 fully saturated rings. The summed E-state index contributed by atoms with van der Waals surface area (Å²) in [6.45, 7) is 4.92. The van der Waals surface area contributed by atoms with E-state index in [0.717, 1.165) is 12.0 Å². The maximum atomic E-state index is 12.3. The number of amides is 1. The summed E-state index contributed by atoms with van der Waals surface area (Å²) in [5.41, 5.74) is 0.879. The van der Waals surface area contributed by atoms with Gasteiger partial charge < -0.3 is 10.1 Å². The predicted octanol–water partition coefficient (Wildman–Crippen LogP) is 2.71. The number of carbonyl (C=O) groups is 1. The van der Waals surface area contributed by atoms with Crippen molar-refractivity contribution in [1.29, 1.82) is 0 Å². The second-order valence-electron chi connectivity index (χ2n) is 6.60. The Bertz CT molecular complexity index is 819. The smallest absolute Gasteiger partial charge is 0.257 e. The van der Waals surface area contributed by atoms with E-state index in [4.69, 9.17) is 4.74 Å². The molecule has 0 atom stereocenters. The Hall–Kier alpha value is -2.38. The molecule has 7 heteroatoms. The standard InChI is InChI=1S/C20H26N2O4S/c1-16(2)12-13-21-20(23)15-26-18-8-10-19(11-9-18)27(24,25)22-14-17-6-4-3-5-7-17/h3-11,16,22H,12-15H2,1-2H3,(H,21,23). The lowest BCUT2D eigenvalue weighted by Crippen LogP contribution is -2.30. The van der Waals surface area contributed by atoms with Gasteiger partial charge in [0.15, 0.2) is 6.61 Å². The summed E-state index contributed by atoms with van der Waals surface area (Å²) < 4.78 is 32.6. The molecule has 27 heavy (non-hydrogen) atoms. The van der Waals surface area contributed by atoms with Gasteiger partial charge >= 0.3 is 0 Å². The number of rotatable bonds is 10. The van der Waals surface area contributed by atoms with Gasteiger partial charge in [0.25, 0.3) is 5.91 Å². The first kappa shape index (κ1) is 20.9. The third-order valence-electron chi connectivity index (χ3n) is 3.86. The average molecular weight is 391 g/mol. The Kier molecular flexibility index (Phi) is 7.82. The van der Waals surface area contributed by atoms with E-state index in [1.165, 1.54) is 12.1 Å². The van der Waals surface area contributed by atoms with E-state index in [2.05, 4.69) is 23.9 Å². The molecule has 146 valence electrons. The summed E-state index contributed by atoms with van der Waals surface area (Å²) in [7, 11) is -3.61. The van der Waals surface area contributed by atoms with Crippen molar-refractivity contribution in [3.05, 3.63) is 60.2 Å². The summed E-state index contributed by atoms with van der Waals surface area (Å²) in [5, 5.41) is 2.78. The van der Waals surface area contributed by atoms with E-state index in [9.17, 15) is 13.2 Å². The van der Waals surface area contributed by atoms with E-state index in [1.807, 2.05) is 30.3 Å². The number of nitrogens with one attached hydrogen (secondary N) is 2. The molecule has 0 saturated heterocycles. The minimum Gasteiger partial charge on any atom is -0.484 e. The number of hydrogen-bond acceptors (Lipinski definition) is 4. The van der Waals surface area contributed by atoms with Gasteiger partial charge in [0.05, 0.1) is 4.90 Å². The van der Waals surface area contributed by atoms with Crippen LogP contribution in [0.25, 0.3) is 0 Å². The van der Waals surface area contributed by atoms with Crippen LogP contribution in [0.1, 0.15) is 25.8 Å². The van der Waals surface area contributed by atoms with E-state index < -0.39 is 10.0 Å². The summed E-state index contributed by atoms with van der Waals surface area (Å²) in [6, 6.07) is 15.3. The van der Waals surface area contributed by atoms with Crippen molar-refractivity contribution >= 4 is 15.9 Å². The molecule has 0 aliphatic heterocycles. The van der Waals surface area contributed by atoms with Gasteiger partial charge in [0.2, 0.25) is 10.0 Å². The number of benzene rings is 2. The molecule has 0 radical (unpaired) electrons. The molecule has 2 N–H and O–H groups in total. The van der Waals surface area contributed by atoms with Gasteiger partial charge in [-0.3, -0.25) is 4.79 Å². The van der Waals surface area contributed by atoms with Crippen molar-refractivity contribution in [3.8, 4) is 5.75 Å². The van der Waals surface area contributed by atoms with Crippen LogP contribution in [0.4, 0.5) is 0 Å². The number of sulfonamides is 1. The number of carbonyl (C=O) groups excluding carboxylic acids is 1. The summed E-state index contributed by atoms with van der Waals surface area (Å²) in [5.74, 6) is 0.768. The minimum atomic E-state index is -3.61. The second kappa shape index (κ2) is 10.1. The molecular formula is C20H26N2O4S. The fourth-order valence-corrected chi connectivity index (χ4v) is 3.29. The maximum Gasteiger partial charge on any atom is 0.257 e. The lowest BCUT2D eigenvalue weighted by molar-refractivity contribution is -0.123. The van der Waals surface area contributed by atoms with Crippen molar-refractivity contribution in [3.63, 3.8) is 0 Å². The first-order valence-electron chi connectivity index (χ1n) is 8.90. The Morgan fingerprint density at radius 3 is 2.33 bits per heavy atom. The van der Waals surface area contributed by atoms with Gasteiger partial charge in [0, 0.05) is 13.1 Å². The molecule has 2 rings (SSSR count). The molecule has 0 bridgehead atoms. The van der Waals surface area contributed by atoms with Gasteiger partial charge in [0.1, 0.15) is 5.75 Å². The maximum absolute atomic E-state index is 12.3. The fraction of sp³-hybridized carbons (Fsp3) is 0.350. The molecule has 0 aliphatic rings. The van der Waals surface area contributed by atoms with Crippen molar-refractivity contribution in [1.82, 2.24) is 10.0 Å². The first-order chi connectivity index (χ1) is 12.9. The highest BCUT2D eigenvalue weighted by atomic mass is 32.2. The molecule has 0 saturated carbocycles. The predicted molar refractivity (Wildman–Crippen MR) is 105 cm³/mol. The monoisotopic (exact) mass is 390 g/mol. The van der Waals surface area contributed by atoms with Crippen LogP contribution in [-0.4, -0.2) is 27.5 Å². The Morgan fingerprint density at radius 2 is 1.70 bits per heavy atom. The van der Waals surface area contributed by atoms with Crippen LogP contribution in [0, 0.1) is 5.92 Å². The van der Waals surface area contributed by atoms with E-state index in [1.54, 1.807) is 12.1 Å². The molecular weight excluding hydrogens is 364 g/mol. The van der Waals surface area contributed by atoms with Gasteiger partial charge in [-0.25, -0.2) is 13.1 Å². The quantitative estimate of drug-likeness (QED) is 0.653. The van der Waals surface area contributed by atoms with Crippen LogP contribution in [-0.2, 0) is 21.4 Å². The SMILES string of the molecule is CC(C)CCNC(=O)COc1ccc(S(=O)(=O)NCc2ccccc2)cc1. The van der Waals surface area contributed by atoms with Crippen LogP contribution >= 0.6 is 0 Å². The number of ether oxygens (including phenoxy) is 1. The fourth-order valence-electron chi connectivity index (χ4n) is 2.27. The highest BCUT2D eigenvalue weighted by molar-refractivity contribution is 7.89. The molecule has 2 aromatic carbocycles. The largest absolute Gasteiger partial charge is 0.484 e. The average Bonchev–Trinajstić information content (AvgIpc) is 2.66. The first-order valence-corrected chi connectivity index (χ1v) is 10.4. The van der Waals surface area contributed by atoms with E-state index in [-0.39, 0.29) is 24.0 Å². The van der Waals surface area contributed by atoms with Crippen LogP contribution < -0.4 is 14.8 Å². The third-order valence-corrected chi connectivity index (χ3v) is 5.27. The minimum absolute atomic E-state index is 0.101. The van der Waals surface area contributed by atoms with Crippen molar-refractivity contribution in [2.45, 2.75) is 31.7 Å². The molecule has 0 spiro atoms. The molecule has 0 unspecified atom stereocenters. The molecule has 0 aromatic heterocycles. The third kappa shape index (κ3) is 7.40. The van der Waals surface area contributed by atoms with Gasteiger partial charge in [-0.1, -0.05) is 44.2 Å². The molecule has 0 aliphatic carbocycles. The van der Waals surface area contributed by atoms with E-state index in [0.29, 0.717) is 18.2 Å². The summed E-state index contributed by atoms with van der Waals surface area (Å²) in [6.07, 6.45) is 0.911. The Morgan fingerprint density at radius 1 is 1.04 bits per heavy atom. The molecule has 2 aromatic rings. The van der Waals surface area contributed by atoms with Crippen molar-refractivity contribution in [2.24, 2.45) is 5.92 Å². The van der Waals surface area contributed by atoms with Crippen LogP contribution in [0.5, 0.6) is 5.75 Å². The highest BCUT2D eigenvalue weighted by Crippen LogP contribution is 2.16. The van der Waals surface area contributed by atoms with Gasteiger partial charge in [-0.2, -0.15) is 0 Å². The lowest BCUT2D eigenvalue weighted by Gasteiger charge is -2.10. The second-order valence-corrected chi connectivity index (χ2v) is 8.37. The molecule has 0 heterocycles. The van der Waals surface area contributed by atoms with Crippen molar-refractivity contribution < 1.29 is 17.9 Å². The van der Waals surface area contributed by atoms with Gasteiger partial charge in [-0.15, -0.1) is 0 Å². The van der Waals surface area contributed by atoms with E-state index >= 15 is 0 Å². The summed E-state index contributed by atoms with van der Waals surface area (Å²) >= 11 is 0. The lowest BCUT2D eigenvalue weighted by atomic mass is 10.1.